The molecule has 0 heterocycles. The fraction of sp³-hybridized carbons (Fsp3) is 0.579. The van der Waals surface area contributed by atoms with Crippen LogP contribution in [0.15, 0.2) is 6.07 Å². The Hall–Kier alpha value is -2.08. The quantitative estimate of drug-likeness (QED) is 0.692. The summed E-state index contributed by atoms with van der Waals surface area (Å²) in [6.45, 7) is 13.1. The molecule has 6 heteroatoms. The summed E-state index contributed by atoms with van der Waals surface area (Å²) in [5.41, 5.74) is 2.97. The Morgan fingerprint density at radius 2 is 1.76 bits per heavy atom. The first-order valence-electron chi connectivity index (χ1n) is 8.66. The van der Waals surface area contributed by atoms with Gasteiger partial charge in [-0.1, -0.05) is 13.8 Å². The molecular formula is C19H30N2O4. The van der Waals surface area contributed by atoms with E-state index < -0.39 is 0 Å². The Labute approximate surface area is 150 Å². The van der Waals surface area contributed by atoms with Crippen molar-refractivity contribution in [3.05, 3.63) is 28.3 Å². The average molecular weight is 350 g/mol. The number of carbonyl (C=O) groups excluding carboxylic acids is 2. The molecule has 0 radical (unpaired) electrons. The van der Waals surface area contributed by atoms with E-state index in [-0.39, 0.29) is 18.5 Å². The topological polar surface area (TPSA) is 67.9 Å². The van der Waals surface area contributed by atoms with Crippen LogP contribution in [0.3, 0.4) is 0 Å². The molecule has 0 saturated carbocycles. The van der Waals surface area contributed by atoms with Crippen molar-refractivity contribution >= 4 is 11.9 Å². The zero-order chi connectivity index (χ0) is 19.0. The van der Waals surface area contributed by atoms with Gasteiger partial charge in [0.05, 0.1) is 12.7 Å². The summed E-state index contributed by atoms with van der Waals surface area (Å²) >= 11 is 0. The van der Waals surface area contributed by atoms with E-state index in [2.05, 4.69) is 24.1 Å². The van der Waals surface area contributed by atoms with Crippen LogP contribution in [0.5, 0.6) is 5.75 Å². The lowest BCUT2D eigenvalue weighted by molar-refractivity contribution is -0.123. The highest BCUT2D eigenvalue weighted by atomic mass is 16.5. The molecule has 1 aromatic carbocycles. The highest BCUT2D eigenvalue weighted by molar-refractivity contribution is 5.93. The molecular weight excluding hydrogens is 320 g/mol. The largest absolute Gasteiger partial charge is 0.483 e. The standard InChI is InChI=1S/C19H30N2O4/c1-7-21(8-2)10-9-20-17(22)12-25-16-11-13(3)18(19(23)24-6)15(5)14(16)4/h11H,7-10,12H2,1-6H3,(H,20,22). The molecule has 25 heavy (non-hydrogen) atoms. The zero-order valence-corrected chi connectivity index (χ0v) is 16.2. The lowest BCUT2D eigenvalue weighted by Gasteiger charge is -2.18. The van der Waals surface area contributed by atoms with E-state index in [9.17, 15) is 9.59 Å². The second-order valence-electron chi connectivity index (χ2n) is 5.97. The minimum atomic E-state index is -0.362. The molecule has 0 atom stereocenters. The molecule has 0 aromatic heterocycles. The number of benzene rings is 1. The predicted octanol–water partition coefficient (Wildman–Crippen LogP) is 2.24. The SMILES string of the molecule is CCN(CC)CCNC(=O)COc1cc(C)c(C(=O)OC)c(C)c1C. The molecule has 1 aromatic rings. The van der Waals surface area contributed by atoms with Gasteiger partial charge in [0.15, 0.2) is 6.61 Å². The van der Waals surface area contributed by atoms with E-state index in [1.807, 2.05) is 20.8 Å². The fourth-order valence-electron chi connectivity index (χ4n) is 2.70. The Morgan fingerprint density at radius 1 is 1.12 bits per heavy atom. The summed E-state index contributed by atoms with van der Waals surface area (Å²) in [6.07, 6.45) is 0. The number of carbonyl (C=O) groups is 2. The van der Waals surface area contributed by atoms with Gasteiger partial charge in [0.2, 0.25) is 0 Å². The molecule has 0 spiro atoms. The van der Waals surface area contributed by atoms with Crippen molar-refractivity contribution in [1.82, 2.24) is 10.2 Å². The van der Waals surface area contributed by atoms with Gasteiger partial charge in [-0.3, -0.25) is 4.79 Å². The third kappa shape index (κ3) is 5.74. The van der Waals surface area contributed by atoms with Gasteiger partial charge in [0.1, 0.15) is 5.75 Å². The van der Waals surface area contributed by atoms with E-state index in [0.29, 0.717) is 17.9 Å². The van der Waals surface area contributed by atoms with Crippen LogP contribution in [0.1, 0.15) is 40.9 Å². The summed E-state index contributed by atoms with van der Waals surface area (Å²) in [5.74, 6) is 0.0965. The molecule has 0 saturated heterocycles. The molecule has 1 amide bonds. The van der Waals surface area contributed by atoms with Crippen molar-refractivity contribution in [2.24, 2.45) is 0 Å². The third-order valence-corrected chi connectivity index (χ3v) is 4.44. The number of likely N-dealkylation sites (N-methyl/N-ethyl adjacent to an activating group) is 1. The molecule has 6 nitrogen and oxygen atoms in total. The van der Waals surface area contributed by atoms with Gasteiger partial charge in [-0.2, -0.15) is 0 Å². The van der Waals surface area contributed by atoms with Crippen molar-refractivity contribution in [3.8, 4) is 5.75 Å². The summed E-state index contributed by atoms with van der Waals surface area (Å²) in [5, 5.41) is 2.86. The van der Waals surface area contributed by atoms with Crippen molar-refractivity contribution in [3.63, 3.8) is 0 Å². The van der Waals surface area contributed by atoms with Crippen molar-refractivity contribution in [2.75, 3.05) is 39.9 Å². The van der Waals surface area contributed by atoms with Crippen LogP contribution < -0.4 is 10.1 Å². The van der Waals surface area contributed by atoms with E-state index in [1.165, 1.54) is 7.11 Å². The second-order valence-corrected chi connectivity index (χ2v) is 5.97. The van der Waals surface area contributed by atoms with E-state index in [0.717, 1.165) is 36.3 Å². The minimum absolute atomic E-state index is 0.0461. The third-order valence-electron chi connectivity index (χ3n) is 4.44. The Kier molecular flexibility index (Phi) is 8.41. The second kappa shape index (κ2) is 10.0. The van der Waals surface area contributed by atoms with Gasteiger partial charge >= 0.3 is 5.97 Å². The first-order valence-corrected chi connectivity index (χ1v) is 8.66. The number of hydrogen-bond donors (Lipinski definition) is 1. The van der Waals surface area contributed by atoms with E-state index >= 15 is 0 Å². The summed E-state index contributed by atoms with van der Waals surface area (Å²) in [4.78, 5) is 26.1. The van der Waals surface area contributed by atoms with Crippen molar-refractivity contribution in [1.29, 1.82) is 0 Å². The van der Waals surface area contributed by atoms with Gasteiger partial charge in [-0.05, 0) is 56.6 Å². The molecule has 1 rings (SSSR count). The Bertz CT molecular complexity index is 610. The van der Waals surface area contributed by atoms with Gasteiger partial charge in [-0.25, -0.2) is 4.79 Å². The summed E-state index contributed by atoms with van der Waals surface area (Å²) < 4.78 is 10.5. The van der Waals surface area contributed by atoms with Crippen LogP contribution >= 0.6 is 0 Å². The normalized spacial score (nSPS) is 10.7. The van der Waals surface area contributed by atoms with Crippen LogP contribution in [0.4, 0.5) is 0 Å². The van der Waals surface area contributed by atoms with Crippen LogP contribution in [-0.2, 0) is 9.53 Å². The van der Waals surface area contributed by atoms with Gasteiger partial charge < -0.3 is 19.7 Å². The number of nitrogens with zero attached hydrogens (tertiary/aromatic N) is 1. The highest BCUT2D eigenvalue weighted by Gasteiger charge is 2.18. The van der Waals surface area contributed by atoms with Crippen LogP contribution in [0.25, 0.3) is 0 Å². The minimum Gasteiger partial charge on any atom is -0.483 e. The maximum Gasteiger partial charge on any atom is 0.338 e. The maximum atomic E-state index is 11.9. The Balaban J connectivity index is 2.66. The molecule has 0 unspecified atom stereocenters. The summed E-state index contributed by atoms with van der Waals surface area (Å²) in [7, 11) is 1.36. The molecule has 0 aliphatic rings. The number of hydrogen-bond acceptors (Lipinski definition) is 5. The molecule has 0 fully saturated rings. The maximum absolute atomic E-state index is 11.9. The van der Waals surface area contributed by atoms with Crippen LogP contribution in [0, 0.1) is 20.8 Å². The molecule has 0 bridgehead atoms. The van der Waals surface area contributed by atoms with Gasteiger partial charge in [0, 0.05) is 13.1 Å². The smallest absolute Gasteiger partial charge is 0.338 e. The summed E-state index contributed by atoms with van der Waals surface area (Å²) in [6, 6.07) is 1.78. The highest BCUT2D eigenvalue weighted by Crippen LogP contribution is 2.28. The fourth-order valence-corrected chi connectivity index (χ4v) is 2.70. The number of rotatable bonds is 9. The first kappa shape index (κ1) is 21.0. The number of ether oxygens (including phenoxy) is 2. The van der Waals surface area contributed by atoms with Gasteiger partial charge in [0.25, 0.3) is 5.91 Å². The number of amides is 1. The monoisotopic (exact) mass is 350 g/mol. The van der Waals surface area contributed by atoms with Crippen molar-refractivity contribution < 1.29 is 19.1 Å². The van der Waals surface area contributed by atoms with Crippen molar-refractivity contribution in [2.45, 2.75) is 34.6 Å². The average Bonchev–Trinajstić information content (AvgIpc) is 2.60. The van der Waals surface area contributed by atoms with Crippen LogP contribution in [-0.4, -0.2) is 56.7 Å². The number of nitrogens with one attached hydrogen (secondary N) is 1. The molecule has 1 N–H and O–H groups in total. The zero-order valence-electron chi connectivity index (χ0n) is 16.2. The van der Waals surface area contributed by atoms with Gasteiger partial charge in [-0.15, -0.1) is 0 Å². The van der Waals surface area contributed by atoms with Crippen LogP contribution in [0.2, 0.25) is 0 Å². The predicted molar refractivity (Wildman–Crippen MR) is 98.3 cm³/mol. The number of aryl methyl sites for hydroxylation is 1. The molecule has 0 aliphatic carbocycles. The molecule has 140 valence electrons. The van der Waals surface area contributed by atoms with E-state index in [4.69, 9.17) is 9.47 Å². The number of esters is 1. The number of methoxy groups -OCH3 is 1. The van der Waals surface area contributed by atoms with E-state index in [1.54, 1.807) is 6.07 Å². The Morgan fingerprint density at radius 3 is 2.32 bits per heavy atom. The first-order chi connectivity index (χ1) is 11.8. The molecule has 0 aliphatic heterocycles. The lowest BCUT2D eigenvalue weighted by atomic mass is 9.97. The lowest BCUT2D eigenvalue weighted by Crippen LogP contribution is -2.36.